The molecule has 1 aliphatic rings. The number of nitrogens with zero attached hydrogens (tertiary/aromatic N) is 2. The number of hydrogen-bond acceptors (Lipinski definition) is 4. The van der Waals surface area contributed by atoms with Crippen molar-refractivity contribution in [2.45, 2.75) is 32.4 Å². The second-order valence-corrected chi connectivity index (χ2v) is 8.16. The molecule has 3 aromatic rings. The summed E-state index contributed by atoms with van der Waals surface area (Å²) in [5.41, 5.74) is 4.34. The molecule has 0 saturated heterocycles. The summed E-state index contributed by atoms with van der Waals surface area (Å²) in [5.74, 6) is 0.410. The fourth-order valence-electron chi connectivity index (χ4n) is 3.92. The van der Waals surface area contributed by atoms with E-state index in [0.717, 1.165) is 40.3 Å². The van der Waals surface area contributed by atoms with Gasteiger partial charge in [-0.1, -0.05) is 48.5 Å². The molecule has 0 radical (unpaired) electrons. The molecule has 2 amide bonds. The molecule has 0 fully saturated rings. The third kappa shape index (κ3) is 5.73. The van der Waals surface area contributed by atoms with Crippen molar-refractivity contribution in [3.8, 4) is 5.75 Å². The molecule has 0 aliphatic carbocycles. The van der Waals surface area contributed by atoms with Crippen LogP contribution in [0, 0.1) is 5.82 Å². The summed E-state index contributed by atoms with van der Waals surface area (Å²) in [6.07, 6.45) is 1.11. The Morgan fingerprint density at radius 2 is 1.91 bits per heavy atom. The Labute approximate surface area is 199 Å². The smallest absolute Gasteiger partial charge is 0.322 e. The van der Waals surface area contributed by atoms with Crippen LogP contribution in [0.1, 0.15) is 30.0 Å². The van der Waals surface area contributed by atoms with E-state index in [2.05, 4.69) is 17.4 Å². The molecule has 34 heavy (non-hydrogen) atoms. The van der Waals surface area contributed by atoms with E-state index in [0.29, 0.717) is 19.5 Å². The quantitative estimate of drug-likeness (QED) is 0.473. The van der Waals surface area contributed by atoms with Crippen molar-refractivity contribution >= 4 is 17.4 Å². The number of anilines is 1. The molecule has 1 atom stereocenters. The van der Waals surface area contributed by atoms with Crippen molar-refractivity contribution in [1.82, 2.24) is 4.90 Å². The highest BCUT2D eigenvalue weighted by atomic mass is 19.1. The second-order valence-electron chi connectivity index (χ2n) is 8.16. The van der Waals surface area contributed by atoms with Crippen molar-refractivity contribution in [1.29, 1.82) is 0 Å². The predicted molar refractivity (Wildman–Crippen MR) is 131 cm³/mol. The van der Waals surface area contributed by atoms with Gasteiger partial charge in [0.05, 0.1) is 19.4 Å². The number of methoxy groups -OCH3 is 1. The van der Waals surface area contributed by atoms with Crippen LogP contribution in [0.3, 0.4) is 0 Å². The Kier molecular flexibility index (Phi) is 7.42. The Hall–Kier alpha value is -3.87. The number of nitrogens with one attached hydrogen (secondary N) is 1. The minimum atomic E-state index is -0.315. The van der Waals surface area contributed by atoms with Gasteiger partial charge in [0, 0.05) is 24.2 Å². The lowest BCUT2D eigenvalue weighted by Gasteiger charge is -2.25. The van der Waals surface area contributed by atoms with Gasteiger partial charge in [0.1, 0.15) is 11.6 Å². The third-order valence-corrected chi connectivity index (χ3v) is 5.74. The van der Waals surface area contributed by atoms with Gasteiger partial charge < -0.3 is 19.8 Å². The second kappa shape index (κ2) is 10.8. The van der Waals surface area contributed by atoms with E-state index in [4.69, 9.17) is 9.57 Å². The summed E-state index contributed by atoms with van der Waals surface area (Å²) in [6.45, 7) is 2.70. The average molecular weight is 462 g/mol. The van der Waals surface area contributed by atoms with Crippen LogP contribution in [0.15, 0.2) is 78.0 Å². The molecule has 1 heterocycles. The number of carbonyl (C=O) groups is 1. The zero-order valence-electron chi connectivity index (χ0n) is 19.3. The maximum atomic E-state index is 13.4. The number of ether oxygens (including phenoxy) is 1. The molecule has 3 aromatic carbocycles. The predicted octanol–water partition coefficient (Wildman–Crippen LogP) is 5.62. The van der Waals surface area contributed by atoms with Gasteiger partial charge in [-0.3, -0.25) is 0 Å². The Bertz CT molecular complexity index is 1160. The summed E-state index contributed by atoms with van der Waals surface area (Å²) in [6, 6.07) is 21.3. The maximum absolute atomic E-state index is 13.4. The first kappa shape index (κ1) is 23.3. The zero-order chi connectivity index (χ0) is 23.9. The molecule has 0 spiro atoms. The number of carbonyl (C=O) groups excluding carboxylic acids is 1. The molecule has 7 heteroatoms. The number of rotatable bonds is 8. The van der Waals surface area contributed by atoms with E-state index in [1.54, 1.807) is 24.1 Å². The summed E-state index contributed by atoms with van der Waals surface area (Å²) in [7, 11) is 1.62. The van der Waals surface area contributed by atoms with Crippen LogP contribution in [0.4, 0.5) is 14.9 Å². The van der Waals surface area contributed by atoms with Gasteiger partial charge in [-0.2, -0.15) is 0 Å². The van der Waals surface area contributed by atoms with Gasteiger partial charge in [-0.05, 0) is 53.9 Å². The standard InChI is InChI=1S/C27H28FN3O3/c1-3-19-7-6-8-22(15-19)29-27(32)31(17-20-11-13-21(28)14-12-20)18-23-16-25(30-34-23)24-9-4-5-10-26(24)33-2/h4-15,23H,3,16-18H2,1-2H3,(H,29,32). The van der Waals surface area contributed by atoms with Crippen molar-refractivity contribution in [2.75, 3.05) is 19.0 Å². The highest BCUT2D eigenvalue weighted by molar-refractivity contribution is 6.03. The maximum Gasteiger partial charge on any atom is 0.322 e. The number of halogens is 1. The van der Waals surface area contributed by atoms with E-state index in [1.165, 1.54) is 12.1 Å². The molecule has 176 valence electrons. The Morgan fingerprint density at radius 3 is 2.68 bits per heavy atom. The summed E-state index contributed by atoms with van der Waals surface area (Å²) >= 11 is 0. The van der Waals surface area contributed by atoms with Gasteiger partial charge >= 0.3 is 6.03 Å². The number of amides is 2. The number of hydrogen-bond donors (Lipinski definition) is 1. The first-order valence-electron chi connectivity index (χ1n) is 11.3. The van der Waals surface area contributed by atoms with Crippen LogP contribution in [-0.4, -0.2) is 36.4 Å². The van der Waals surface area contributed by atoms with Crippen LogP contribution in [-0.2, 0) is 17.8 Å². The molecular formula is C27H28FN3O3. The van der Waals surface area contributed by atoms with Crippen LogP contribution in [0.25, 0.3) is 0 Å². The van der Waals surface area contributed by atoms with E-state index in [9.17, 15) is 9.18 Å². The lowest BCUT2D eigenvalue weighted by Crippen LogP contribution is -2.40. The van der Waals surface area contributed by atoms with Gasteiger partial charge in [-0.15, -0.1) is 0 Å². The van der Waals surface area contributed by atoms with E-state index >= 15 is 0 Å². The normalized spacial score (nSPS) is 14.8. The highest BCUT2D eigenvalue weighted by Gasteiger charge is 2.28. The minimum Gasteiger partial charge on any atom is -0.496 e. The van der Waals surface area contributed by atoms with Crippen LogP contribution in [0.2, 0.25) is 0 Å². The monoisotopic (exact) mass is 461 g/mol. The molecule has 1 N–H and O–H groups in total. The molecule has 0 bridgehead atoms. The lowest BCUT2D eigenvalue weighted by atomic mass is 10.0. The van der Waals surface area contributed by atoms with Gasteiger partial charge in [0.15, 0.2) is 6.10 Å². The number of aryl methyl sites for hydroxylation is 1. The molecule has 6 nitrogen and oxygen atoms in total. The number of urea groups is 1. The van der Waals surface area contributed by atoms with E-state index in [-0.39, 0.29) is 18.0 Å². The van der Waals surface area contributed by atoms with Crippen molar-refractivity contribution in [3.05, 3.63) is 95.3 Å². The fraction of sp³-hybridized carbons (Fsp3) is 0.259. The molecule has 0 saturated carbocycles. The van der Waals surface area contributed by atoms with Crippen molar-refractivity contribution in [2.24, 2.45) is 5.16 Å². The van der Waals surface area contributed by atoms with Crippen LogP contribution >= 0.6 is 0 Å². The zero-order valence-corrected chi connectivity index (χ0v) is 19.3. The largest absolute Gasteiger partial charge is 0.496 e. The summed E-state index contributed by atoms with van der Waals surface area (Å²) < 4.78 is 18.8. The lowest BCUT2D eigenvalue weighted by molar-refractivity contribution is 0.0608. The Morgan fingerprint density at radius 1 is 1.12 bits per heavy atom. The third-order valence-electron chi connectivity index (χ3n) is 5.74. The number of benzene rings is 3. The van der Waals surface area contributed by atoms with E-state index < -0.39 is 0 Å². The van der Waals surface area contributed by atoms with Crippen molar-refractivity contribution < 1.29 is 18.8 Å². The van der Waals surface area contributed by atoms with Gasteiger partial charge in [-0.25, -0.2) is 9.18 Å². The Balaban J connectivity index is 1.49. The highest BCUT2D eigenvalue weighted by Crippen LogP contribution is 2.25. The average Bonchev–Trinajstić information content (AvgIpc) is 3.33. The summed E-state index contributed by atoms with van der Waals surface area (Å²) in [5, 5.41) is 7.25. The fourth-order valence-corrected chi connectivity index (χ4v) is 3.92. The minimum absolute atomic E-state index is 0.257. The SMILES string of the molecule is CCc1cccc(NC(=O)N(Cc2ccc(F)cc2)CC2CC(c3ccccc3OC)=NO2)c1. The van der Waals surface area contributed by atoms with Crippen molar-refractivity contribution in [3.63, 3.8) is 0 Å². The molecule has 1 unspecified atom stereocenters. The molecule has 1 aliphatic heterocycles. The van der Waals surface area contributed by atoms with Gasteiger partial charge in [0.2, 0.25) is 0 Å². The first-order chi connectivity index (χ1) is 16.6. The number of para-hydroxylation sites is 1. The topological polar surface area (TPSA) is 63.2 Å². The van der Waals surface area contributed by atoms with Crippen LogP contribution in [0.5, 0.6) is 5.75 Å². The van der Waals surface area contributed by atoms with Crippen LogP contribution < -0.4 is 10.1 Å². The number of oxime groups is 1. The van der Waals surface area contributed by atoms with E-state index in [1.807, 2.05) is 48.5 Å². The first-order valence-corrected chi connectivity index (χ1v) is 11.3. The van der Waals surface area contributed by atoms with Gasteiger partial charge in [0.25, 0.3) is 0 Å². The molecular weight excluding hydrogens is 433 g/mol. The molecule has 4 rings (SSSR count). The summed E-state index contributed by atoms with van der Waals surface area (Å²) in [4.78, 5) is 20.6. The molecule has 0 aromatic heterocycles.